The smallest absolute Gasteiger partial charge is 0.305 e. The van der Waals surface area contributed by atoms with Crippen molar-refractivity contribution >= 4 is 17.6 Å². The van der Waals surface area contributed by atoms with E-state index in [1.807, 2.05) is 31.2 Å². The molecule has 0 aromatic heterocycles. The predicted molar refractivity (Wildman–Crippen MR) is 67.9 cm³/mol. The predicted octanol–water partition coefficient (Wildman–Crippen LogP) is 1.75. The van der Waals surface area contributed by atoms with E-state index in [-0.39, 0.29) is 12.8 Å². The quantitative estimate of drug-likeness (QED) is 0.772. The average molecular weight is 251 g/mol. The Bertz CT molecular complexity index is 413. The number of rotatable bonds is 7. The lowest BCUT2D eigenvalue weighted by Crippen LogP contribution is -2.28. The zero-order valence-electron chi connectivity index (χ0n) is 10.3. The van der Waals surface area contributed by atoms with Gasteiger partial charge < -0.3 is 15.1 Å². The first kappa shape index (κ1) is 14.0. The highest BCUT2D eigenvalue weighted by molar-refractivity contribution is 5.69. The molecular formula is C13H17NO4. The van der Waals surface area contributed by atoms with Crippen molar-refractivity contribution in [3.63, 3.8) is 0 Å². The fourth-order valence-electron chi connectivity index (χ4n) is 1.66. The number of aliphatic carboxylic acids is 2. The molecule has 0 heterocycles. The van der Waals surface area contributed by atoms with Gasteiger partial charge in [0.1, 0.15) is 0 Å². The molecule has 0 aliphatic carbocycles. The zero-order chi connectivity index (χ0) is 13.5. The van der Waals surface area contributed by atoms with Crippen LogP contribution in [0.1, 0.15) is 18.4 Å². The van der Waals surface area contributed by atoms with Gasteiger partial charge in [-0.05, 0) is 24.6 Å². The summed E-state index contributed by atoms with van der Waals surface area (Å²) in [6, 6.07) is 7.59. The second-order valence-corrected chi connectivity index (χ2v) is 4.11. The SMILES string of the molecule is Cc1cccc(N(CCC(=O)O)CCC(=O)O)c1. The van der Waals surface area contributed by atoms with E-state index in [1.54, 1.807) is 4.90 Å². The molecule has 98 valence electrons. The van der Waals surface area contributed by atoms with Crippen molar-refractivity contribution in [3.05, 3.63) is 29.8 Å². The number of carboxylic acid groups (broad SMARTS) is 2. The van der Waals surface area contributed by atoms with Crippen molar-refractivity contribution in [2.45, 2.75) is 19.8 Å². The largest absolute Gasteiger partial charge is 0.481 e. The Morgan fingerprint density at radius 3 is 2.11 bits per heavy atom. The van der Waals surface area contributed by atoms with Gasteiger partial charge >= 0.3 is 11.9 Å². The Morgan fingerprint density at radius 1 is 1.11 bits per heavy atom. The first-order valence-corrected chi connectivity index (χ1v) is 5.74. The monoisotopic (exact) mass is 251 g/mol. The fraction of sp³-hybridized carbons (Fsp3) is 0.385. The van der Waals surface area contributed by atoms with Gasteiger partial charge in [-0.1, -0.05) is 12.1 Å². The molecule has 0 spiro atoms. The molecule has 0 bridgehead atoms. The van der Waals surface area contributed by atoms with E-state index < -0.39 is 11.9 Å². The van der Waals surface area contributed by atoms with Gasteiger partial charge in [0.05, 0.1) is 12.8 Å². The summed E-state index contributed by atoms with van der Waals surface area (Å²) < 4.78 is 0. The molecular weight excluding hydrogens is 234 g/mol. The average Bonchev–Trinajstić information content (AvgIpc) is 2.28. The van der Waals surface area contributed by atoms with Crippen molar-refractivity contribution in [1.29, 1.82) is 0 Å². The Morgan fingerprint density at radius 2 is 1.67 bits per heavy atom. The van der Waals surface area contributed by atoms with Crippen molar-refractivity contribution in [2.24, 2.45) is 0 Å². The summed E-state index contributed by atoms with van der Waals surface area (Å²) in [6.07, 6.45) is -0.0128. The molecule has 0 fully saturated rings. The molecule has 0 aliphatic heterocycles. The van der Waals surface area contributed by atoms with Gasteiger partial charge in [-0.25, -0.2) is 0 Å². The maximum Gasteiger partial charge on any atom is 0.305 e. The molecule has 18 heavy (non-hydrogen) atoms. The number of carboxylic acids is 2. The van der Waals surface area contributed by atoms with Gasteiger partial charge in [-0.2, -0.15) is 0 Å². The molecule has 1 aromatic rings. The maximum atomic E-state index is 10.6. The number of benzene rings is 1. The lowest BCUT2D eigenvalue weighted by atomic mass is 10.2. The van der Waals surface area contributed by atoms with E-state index in [2.05, 4.69) is 0 Å². The molecule has 0 amide bonds. The van der Waals surface area contributed by atoms with E-state index in [1.165, 1.54) is 0 Å². The Kier molecular flexibility index (Phi) is 5.17. The van der Waals surface area contributed by atoms with Gasteiger partial charge in [-0.15, -0.1) is 0 Å². The van der Waals surface area contributed by atoms with Crippen molar-refractivity contribution in [2.75, 3.05) is 18.0 Å². The lowest BCUT2D eigenvalue weighted by molar-refractivity contribution is -0.137. The van der Waals surface area contributed by atoms with E-state index in [0.717, 1.165) is 11.3 Å². The lowest BCUT2D eigenvalue weighted by Gasteiger charge is -2.23. The topological polar surface area (TPSA) is 77.8 Å². The molecule has 0 saturated heterocycles. The summed E-state index contributed by atoms with van der Waals surface area (Å²) in [6.45, 7) is 2.56. The highest BCUT2D eigenvalue weighted by Gasteiger charge is 2.10. The van der Waals surface area contributed by atoms with Crippen LogP contribution in [0.15, 0.2) is 24.3 Å². The van der Waals surface area contributed by atoms with Crippen molar-refractivity contribution < 1.29 is 19.8 Å². The normalized spacial score (nSPS) is 10.1. The number of hydrogen-bond acceptors (Lipinski definition) is 3. The molecule has 0 aliphatic rings. The summed E-state index contributed by atoms with van der Waals surface area (Å²) in [4.78, 5) is 23.0. The molecule has 1 rings (SSSR count). The number of aryl methyl sites for hydroxylation is 1. The molecule has 0 saturated carbocycles. The second-order valence-electron chi connectivity index (χ2n) is 4.11. The number of nitrogens with zero attached hydrogens (tertiary/aromatic N) is 1. The van der Waals surface area contributed by atoms with Crippen LogP contribution in [0.4, 0.5) is 5.69 Å². The van der Waals surface area contributed by atoms with Gasteiger partial charge in [-0.3, -0.25) is 9.59 Å². The zero-order valence-corrected chi connectivity index (χ0v) is 10.3. The number of hydrogen-bond donors (Lipinski definition) is 2. The highest BCUT2D eigenvalue weighted by atomic mass is 16.4. The fourth-order valence-corrected chi connectivity index (χ4v) is 1.66. The van der Waals surface area contributed by atoms with Crippen LogP contribution in [-0.2, 0) is 9.59 Å². The van der Waals surface area contributed by atoms with Gasteiger partial charge in [0.25, 0.3) is 0 Å². The van der Waals surface area contributed by atoms with Gasteiger partial charge in [0.15, 0.2) is 0 Å². The Labute approximate surface area is 106 Å². The van der Waals surface area contributed by atoms with Gasteiger partial charge in [0.2, 0.25) is 0 Å². The standard InChI is InChI=1S/C13H17NO4/c1-10-3-2-4-11(9-10)14(7-5-12(15)16)8-6-13(17)18/h2-4,9H,5-8H2,1H3,(H,15,16)(H,17,18). The van der Waals surface area contributed by atoms with Crippen LogP contribution < -0.4 is 4.90 Å². The first-order valence-electron chi connectivity index (χ1n) is 5.74. The van der Waals surface area contributed by atoms with Crippen molar-refractivity contribution in [3.8, 4) is 0 Å². The summed E-state index contributed by atoms with van der Waals surface area (Å²) in [7, 11) is 0. The minimum absolute atomic E-state index is 0.00639. The Hall–Kier alpha value is -2.04. The van der Waals surface area contributed by atoms with E-state index in [9.17, 15) is 9.59 Å². The highest BCUT2D eigenvalue weighted by Crippen LogP contribution is 2.16. The summed E-state index contributed by atoms with van der Waals surface area (Å²) >= 11 is 0. The summed E-state index contributed by atoms with van der Waals surface area (Å²) in [5, 5.41) is 17.4. The van der Waals surface area contributed by atoms with E-state index in [0.29, 0.717) is 13.1 Å². The minimum Gasteiger partial charge on any atom is -0.481 e. The van der Waals surface area contributed by atoms with Crippen LogP contribution in [0, 0.1) is 6.92 Å². The number of anilines is 1. The van der Waals surface area contributed by atoms with E-state index in [4.69, 9.17) is 10.2 Å². The summed E-state index contributed by atoms with van der Waals surface area (Å²) in [5.74, 6) is -1.77. The third kappa shape index (κ3) is 4.86. The molecule has 0 unspecified atom stereocenters. The number of carbonyl (C=O) groups is 2. The van der Waals surface area contributed by atoms with Crippen LogP contribution in [0.5, 0.6) is 0 Å². The molecule has 0 radical (unpaired) electrons. The van der Waals surface area contributed by atoms with Gasteiger partial charge in [0, 0.05) is 18.8 Å². The van der Waals surface area contributed by atoms with E-state index >= 15 is 0 Å². The Balaban J connectivity index is 2.75. The molecule has 1 aromatic carbocycles. The van der Waals surface area contributed by atoms with Crippen LogP contribution in [-0.4, -0.2) is 35.2 Å². The second kappa shape index (κ2) is 6.64. The first-order chi connectivity index (χ1) is 8.49. The van der Waals surface area contributed by atoms with Crippen LogP contribution in [0.25, 0.3) is 0 Å². The van der Waals surface area contributed by atoms with Crippen LogP contribution >= 0.6 is 0 Å². The third-order valence-corrected chi connectivity index (χ3v) is 2.56. The van der Waals surface area contributed by atoms with Crippen LogP contribution in [0.2, 0.25) is 0 Å². The van der Waals surface area contributed by atoms with Crippen LogP contribution in [0.3, 0.4) is 0 Å². The molecule has 5 heteroatoms. The third-order valence-electron chi connectivity index (χ3n) is 2.56. The molecule has 2 N–H and O–H groups in total. The summed E-state index contributed by atoms with van der Waals surface area (Å²) in [5.41, 5.74) is 1.92. The molecule has 5 nitrogen and oxygen atoms in total. The van der Waals surface area contributed by atoms with Crippen molar-refractivity contribution in [1.82, 2.24) is 0 Å². The maximum absolute atomic E-state index is 10.6. The minimum atomic E-state index is -0.886. The molecule has 0 atom stereocenters.